The molecule has 12 atom stereocenters. The van der Waals surface area contributed by atoms with Crippen LogP contribution < -0.4 is 32.4 Å². The lowest BCUT2D eigenvalue weighted by molar-refractivity contribution is -0.163. The quantitative estimate of drug-likeness (QED) is 0.0722. The molecule has 4 saturated heterocycles. The molecule has 30 heteroatoms. The number of benzene rings is 2. The molecule has 5 heterocycles. The smallest absolute Gasteiger partial charge is 0.342 e. The molecule has 0 radical (unpaired) electrons. The van der Waals surface area contributed by atoms with Crippen LogP contribution in [-0.4, -0.2) is 243 Å². The van der Waals surface area contributed by atoms with E-state index in [-0.39, 0.29) is 47.4 Å². The fourth-order valence-electron chi connectivity index (χ4n) is 12.0. The van der Waals surface area contributed by atoms with Crippen molar-refractivity contribution in [2.75, 3.05) is 60.2 Å². The van der Waals surface area contributed by atoms with Crippen molar-refractivity contribution in [2.24, 2.45) is 17.8 Å². The van der Waals surface area contributed by atoms with Crippen molar-refractivity contribution in [3.8, 4) is 11.5 Å². The Morgan fingerprint density at radius 1 is 0.769 bits per heavy atom. The molecule has 10 amide bonds. The van der Waals surface area contributed by atoms with E-state index in [9.17, 15) is 72.5 Å². The highest BCUT2D eigenvalue weighted by Gasteiger charge is 2.50. The van der Waals surface area contributed by atoms with Gasteiger partial charge >= 0.3 is 11.9 Å². The van der Waals surface area contributed by atoms with Gasteiger partial charge in [0, 0.05) is 46.3 Å². The minimum atomic E-state index is -2.13. The molecular weight excluding hydrogens is 1190 g/mol. The van der Waals surface area contributed by atoms with Crippen LogP contribution in [0.4, 0.5) is 5.69 Å². The number of aliphatic hydroxyl groups is 2. The van der Waals surface area contributed by atoms with Crippen molar-refractivity contribution < 1.29 is 81.6 Å². The monoisotopic (exact) mass is 1270 g/mol. The van der Waals surface area contributed by atoms with Gasteiger partial charge in [0.15, 0.2) is 11.3 Å². The summed E-state index contributed by atoms with van der Waals surface area (Å²) in [6.45, 7) is 14.9. The molecule has 91 heavy (non-hydrogen) atoms. The highest BCUT2D eigenvalue weighted by Crippen LogP contribution is 2.36. The first-order valence-corrected chi connectivity index (χ1v) is 30.3. The summed E-state index contributed by atoms with van der Waals surface area (Å²) in [5.74, 6) is -12.9. The molecule has 5 aliphatic heterocycles. The molecular formula is C61H84N12O18. The summed E-state index contributed by atoms with van der Waals surface area (Å²) in [6, 6.07) is -9.60. The summed E-state index contributed by atoms with van der Waals surface area (Å²) in [4.78, 5) is 196. The molecule has 0 unspecified atom stereocenters. The first kappa shape index (κ1) is 69.7. The number of hydrogen-bond acceptors (Lipinski definition) is 20. The maximum absolute atomic E-state index is 15.0. The van der Waals surface area contributed by atoms with Gasteiger partial charge in [0.05, 0.1) is 30.4 Å². The number of nitrogens with zero attached hydrogens (tertiary/aromatic N) is 7. The van der Waals surface area contributed by atoms with Crippen molar-refractivity contribution in [2.45, 2.75) is 168 Å². The molecule has 4 fully saturated rings. The molecule has 7 rings (SSSR count). The van der Waals surface area contributed by atoms with Gasteiger partial charge in [0.25, 0.3) is 5.91 Å². The second kappa shape index (κ2) is 27.7. The van der Waals surface area contributed by atoms with Gasteiger partial charge in [-0.15, -0.1) is 0 Å². The van der Waals surface area contributed by atoms with Crippen LogP contribution in [-0.2, 0) is 57.4 Å². The van der Waals surface area contributed by atoms with E-state index >= 15 is 0 Å². The van der Waals surface area contributed by atoms with Crippen LogP contribution in [0.1, 0.15) is 113 Å². The number of carbonyl (C=O) groups is 12. The third-order valence-electron chi connectivity index (χ3n) is 17.6. The number of amides is 10. The van der Waals surface area contributed by atoms with Crippen molar-refractivity contribution in [3.63, 3.8) is 0 Å². The number of aryl methyl sites for hydroxylation is 1. The first-order valence-electron chi connectivity index (χ1n) is 30.3. The number of ether oxygens (including phenoxy) is 2. The summed E-state index contributed by atoms with van der Waals surface area (Å²) >= 11 is 0. The number of rotatable bonds is 9. The van der Waals surface area contributed by atoms with Gasteiger partial charge in [-0.1, -0.05) is 47.6 Å². The molecule has 30 nitrogen and oxygen atoms in total. The number of likely N-dealkylation sites (N-methyl/N-ethyl adjacent to an activating group) is 4. The second-order valence-corrected chi connectivity index (χ2v) is 25.2. The topological polar surface area (TPSA) is 400 Å². The van der Waals surface area contributed by atoms with Gasteiger partial charge in [0.1, 0.15) is 83.9 Å². The lowest BCUT2D eigenvalue weighted by atomic mass is 9.99. The third kappa shape index (κ3) is 13.9. The van der Waals surface area contributed by atoms with Crippen LogP contribution in [0.15, 0.2) is 21.3 Å². The minimum absolute atomic E-state index is 0.0223. The van der Waals surface area contributed by atoms with E-state index < -0.39 is 204 Å². The lowest BCUT2D eigenvalue weighted by Gasteiger charge is -2.37. The summed E-state index contributed by atoms with van der Waals surface area (Å²) in [7, 11) is 5.33. The molecule has 0 bridgehead atoms. The van der Waals surface area contributed by atoms with Crippen LogP contribution in [0.5, 0.6) is 0 Å². The SMILES string of the molecule is Cc1c2oc3c(C)ccc(C(=O)N[C@@H]4C(=O)N[C@H](C(C)C)C(=O)N5[C@H](C(=O)N(C)CC(=O)N(C)[C@@H](C(C)C)C(=O)O[C@@H]4C)[C@@H](O)C[C@@H]5C)c3nc-2c(C(=O)OC[C@H](O)[C@@H]2NC(=O)[C@H](C)N(C)C(=O)CN(C)C(=O)[C@@H]3CCCN3C(=O)[C@@H](C(C)C)NC2=O)c(N)c1=O. The van der Waals surface area contributed by atoms with Crippen LogP contribution in [0, 0.1) is 31.6 Å². The number of nitrogens with one attached hydrogen (secondary N) is 4. The zero-order valence-corrected chi connectivity index (χ0v) is 53.9. The number of anilines is 1. The van der Waals surface area contributed by atoms with Gasteiger partial charge in [-0.05, 0) is 83.3 Å². The Hall–Kier alpha value is -8.80. The largest absolute Gasteiger partial charge is 0.459 e. The van der Waals surface area contributed by atoms with Gasteiger partial charge < -0.3 is 80.5 Å². The van der Waals surface area contributed by atoms with Gasteiger partial charge in [0.2, 0.25) is 58.6 Å². The number of fused-ring (bicyclic) bond motifs is 4. The zero-order chi connectivity index (χ0) is 67.8. The van der Waals surface area contributed by atoms with Gasteiger partial charge in [-0.2, -0.15) is 0 Å². The van der Waals surface area contributed by atoms with E-state index in [0.717, 1.165) is 19.6 Å². The van der Waals surface area contributed by atoms with Gasteiger partial charge in [-0.3, -0.25) is 52.7 Å². The van der Waals surface area contributed by atoms with Gasteiger partial charge in [-0.25, -0.2) is 14.6 Å². The van der Waals surface area contributed by atoms with E-state index in [4.69, 9.17) is 19.6 Å². The first-order chi connectivity index (χ1) is 42.5. The molecule has 8 N–H and O–H groups in total. The summed E-state index contributed by atoms with van der Waals surface area (Å²) in [5, 5.41) is 33.3. The summed E-state index contributed by atoms with van der Waals surface area (Å²) in [6.07, 6.45) is -4.35. The number of nitrogen functional groups attached to an aromatic ring is 1. The second-order valence-electron chi connectivity index (χ2n) is 25.2. The van der Waals surface area contributed by atoms with Crippen molar-refractivity contribution in [3.05, 3.63) is 44.6 Å². The molecule has 6 aliphatic rings. The number of nitrogens with two attached hydrogens (primary N) is 1. The Bertz CT molecular complexity index is 3460. The van der Waals surface area contributed by atoms with E-state index in [1.54, 1.807) is 55.4 Å². The highest BCUT2D eigenvalue weighted by atomic mass is 16.5. The Morgan fingerprint density at radius 3 is 1.97 bits per heavy atom. The number of hydrogen-bond donors (Lipinski definition) is 7. The fraction of sp³-hybridized carbons (Fsp3) is 0.607. The van der Waals surface area contributed by atoms with E-state index in [1.807, 2.05) is 0 Å². The van der Waals surface area contributed by atoms with E-state index in [1.165, 1.54) is 70.9 Å². The van der Waals surface area contributed by atoms with Crippen LogP contribution >= 0.6 is 0 Å². The Labute approximate surface area is 525 Å². The number of esters is 2. The number of carbonyl (C=O) groups excluding carboxylic acids is 12. The maximum atomic E-state index is 15.0. The Morgan fingerprint density at radius 2 is 1.35 bits per heavy atom. The van der Waals surface area contributed by atoms with E-state index in [0.29, 0.717) is 12.0 Å². The molecule has 496 valence electrons. The van der Waals surface area contributed by atoms with Crippen molar-refractivity contribution in [1.82, 2.24) is 55.7 Å². The highest BCUT2D eigenvalue weighted by molar-refractivity contribution is 6.09. The minimum Gasteiger partial charge on any atom is -0.459 e. The standard InChI is InChI=1S/C61H84N12O18/c1-25(2)41-57(84)72-20-16-17-34(72)56(83)68(12)22-37(76)70(14)31(10)52(79)67-45(55(82)64-41)36(75)24-89-60(87)39-40(62)49(78)30(9)51-46(39)63-44-33(19-18-28(7)50(44)91-51)53(80)66-43-32(11)90-61(88)47(27(5)6)71(15)38(77)23-69(13)59(86)48-35(74)21-29(8)73(48)58(85)42(26(3)4)65-54(43)81/h18-19,25-27,29,31-32,34-36,41-43,45,47-48,74-75H,16-17,20-24,62H2,1-15H3,(H,64,82)(H,65,81)(H,66,80)(H,67,79)/t29-,31-,32+,34-,35-,36-,41+,42+,43-,45-,47-,48-/m0/s1. The average molecular weight is 1270 g/mol. The molecule has 0 saturated carbocycles. The number of cyclic esters (lactones) is 1. The predicted molar refractivity (Wildman–Crippen MR) is 324 cm³/mol. The Balaban J connectivity index is 1.25. The third-order valence-corrected chi connectivity index (χ3v) is 17.6. The summed E-state index contributed by atoms with van der Waals surface area (Å²) < 4.78 is 17.8. The van der Waals surface area contributed by atoms with Crippen LogP contribution in [0.2, 0.25) is 0 Å². The van der Waals surface area contributed by atoms with Crippen LogP contribution in [0.3, 0.4) is 0 Å². The normalized spacial score (nSPS) is 27.1. The lowest BCUT2D eigenvalue weighted by Crippen LogP contribution is -2.62. The number of aliphatic hydroxyl groups excluding tert-OH is 2. The number of aromatic nitrogens is 1. The Kier molecular flexibility index (Phi) is 21.2. The van der Waals surface area contributed by atoms with E-state index in [2.05, 4.69) is 26.3 Å². The average Bonchev–Trinajstić information content (AvgIpc) is 1.33. The molecule has 1 aromatic rings. The van der Waals surface area contributed by atoms with Crippen molar-refractivity contribution >= 4 is 87.8 Å². The van der Waals surface area contributed by atoms with Crippen molar-refractivity contribution in [1.29, 1.82) is 0 Å². The maximum Gasteiger partial charge on any atom is 0.342 e. The zero-order valence-electron chi connectivity index (χ0n) is 53.9. The predicted octanol–water partition coefficient (Wildman–Crippen LogP) is -1.58. The molecule has 1 aromatic carbocycles. The summed E-state index contributed by atoms with van der Waals surface area (Å²) in [5.41, 5.74) is 3.04. The fourth-order valence-corrected chi connectivity index (χ4v) is 12.0. The van der Waals surface area contributed by atoms with Crippen LogP contribution in [0.25, 0.3) is 22.6 Å². The molecule has 1 aliphatic carbocycles. The molecule has 0 aromatic heterocycles. The molecule has 0 spiro atoms.